The Labute approximate surface area is 165 Å². The van der Waals surface area contributed by atoms with Crippen LogP contribution in [-0.4, -0.2) is 47.4 Å². The SMILES string of the molecule is CC[C@H](C)[C@@H](NC[C@H](O)COC(C)C)c1nc(-c2ccc3c(c2)OCO3)no1. The van der Waals surface area contributed by atoms with Gasteiger partial charge in [0.1, 0.15) is 0 Å². The van der Waals surface area contributed by atoms with Gasteiger partial charge in [-0.25, -0.2) is 0 Å². The van der Waals surface area contributed by atoms with Crippen LogP contribution in [0, 0.1) is 5.92 Å². The molecule has 0 saturated heterocycles. The highest BCUT2D eigenvalue weighted by atomic mass is 16.7. The van der Waals surface area contributed by atoms with Crippen LogP contribution < -0.4 is 14.8 Å². The second kappa shape index (κ2) is 9.36. The van der Waals surface area contributed by atoms with Crippen molar-refractivity contribution in [2.24, 2.45) is 5.92 Å². The minimum absolute atomic E-state index is 0.0835. The molecular formula is C20H29N3O5. The average Bonchev–Trinajstić information content (AvgIpc) is 3.35. The Balaban J connectivity index is 1.69. The molecule has 0 amide bonds. The molecule has 1 aromatic carbocycles. The quantitative estimate of drug-likeness (QED) is 0.638. The number of nitrogens with zero attached hydrogens (tertiary/aromatic N) is 2. The molecule has 0 aliphatic carbocycles. The fourth-order valence-corrected chi connectivity index (χ4v) is 2.91. The molecule has 2 aromatic rings. The molecule has 8 heteroatoms. The number of nitrogens with one attached hydrogen (secondary N) is 1. The maximum absolute atomic E-state index is 10.1. The summed E-state index contributed by atoms with van der Waals surface area (Å²) in [5.41, 5.74) is 0.799. The third-order valence-electron chi connectivity index (χ3n) is 4.75. The van der Waals surface area contributed by atoms with E-state index >= 15 is 0 Å². The summed E-state index contributed by atoms with van der Waals surface area (Å²) in [6, 6.07) is 5.40. The summed E-state index contributed by atoms with van der Waals surface area (Å²) in [6.07, 6.45) is 0.406. The fraction of sp³-hybridized carbons (Fsp3) is 0.600. The first kappa shape index (κ1) is 20.6. The summed E-state index contributed by atoms with van der Waals surface area (Å²) >= 11 is 0. The Morgan fingerprint density at radius 2 is 2.00 bits per heavy atom. The molecule has 28 heavy (non-hydrogen) atoms. The molecule has 2 N–H and O–H groups in total. The number of benzene rings is 1. The summed E-state index contributed by atoms with van der Waals surface area (Å²) in [5.74, 6) is 2.63. The van der Waals surface area contributed by atoms with Gasteiger partial charge >= 0.3 is 0 Å². The first-order valence-corrected chi connectivity index (χ1v) is 9.74. The van der Waals surface area contributed by atoms with Crippen LogP contribution in [0.3, 0.4) is 0 Å². The van der Waals surface area contributed by atoms with Gasteiger partial charge in [0.25, 0.3) is 0 Å². The van der Waals surface area contributed by atoms with E-state index in [-0.39, 0.29) is 31.5 Å². The lowest BCUT2D eigenvalue weighted by Crippen LogP contribution is -2.36. The van der Waals surface area contributed by atoms with Crippen LogP contribution in [0.5, 0.6) is 11.5 Å². The Kier molecular flexibility index (Phi) is 6.88. The topological polar surface area (TPSA) is 98.9 Å². The van der Waals surface area contributed by atoms with Gasteiger partial charge in [-0.05, 0) is 38.0 Å². The molecule has 1 aliphatic rings. The van der Waals surface area contributed by atoms with Gasteiger partial charge in [-0.1, -0.05) is 25.4 Å². The Hall–Kier alpha value is -2.16. The van der Waals surface area contributed by atoms with Gasteiger partial charge in [0, 0.05) is 12.1 Å². The first-order chi connectivity index (χ1) is 13.5. The molecule has 154 valence electrons. The highest BCUT2D eigenvalue weighted by Crippen LogP contribution is 2.35. The highest BCUT2D eigenvalue weighted by molar-refractivity contribution is 5.61. The van der Waals surface area contributed by atoms with Crippen LogP contribution in [-0.2, 0) is 4.74 Å². The van der Waals surface area contributed by atoms with Crippen molar-refractivity contribution in [1.82, 2.24) is 15.5 Å². The van der Waals surface area contributed by atoms with Crippen molar-refractivity contribution in [3.05, 3.63) is 24.1 Å². The third kappa shape index (κ3) is 5.01. The van der Waals surface area contributed by atoms with Crippen molar-refractivity contribution in [2.75, 3.05) is 19.9 Å². The normalized spacial score (nSPS) is 16.4. The van der Waals surface area contributed by atoms with E-state index in [4.69, 9.17) is 18.7 Å². The number of aliphatic hydroxyl groups is 1. The third-order valence-corrected chi connectivity index (χ3v) is 4.75. The molecule has 1 aliphatic heterocycles. The summed E-state index contributed by atoms with van der Waals surface area (Å²) in [4.78, 5) is 4.58. The van der Waals surface area contributed by atoms with E-state index in [1.807, 2.05) is 32.0 Å². The average molecular weight is 391 g/mol. The summed E-state index contributed by atoms with van der Waals surface area (Å²) < 4.78 is 21.8. The summed E-state index contributed by atoms with van der Waals surface area (Å²) in [6.45, 7) is 8.98. The van der Waals surface area contributed by atoms with Crippen LogP contribution >= 0.6 is 0 Å². The molecule has 0 saturated carbocycles. The summed E-state index contributed by atoms with van der Waals surface area (Å²) in [7, 11) is 0. The monoisotopic (exact) mass is 391 g/mol. The molecular weight excluding hydrogens is 362 g/mol. The number of fused-ring (bicyclic) bond motifs is 1. The van der Waals surface area contributed by atoms with Crippen molar-refractivity contribution in [1.29, 1.82) is 0 Å². The van der Waals surface area contributed by atoms with Crippen molar-refractivity contribution in [3.63, 3.8) is 0 Å². The van der Waals surface area contributed by atoms with Gasteiger partial charge < -0.3 is 29.2 Å². The van der Waals surface area contributed by atoms with Crippen molar-refractivity contribution >= 4 is 0 Å². The lowest BCUT2D eigenvalue weighted by molar-refractivity contribution is 0.00427. The lowest BCUT2D eigenvalue weighted by atomic mass is 9.99. The van der Waals surface area contributed by atoms with Gasteiger partial charge in [0.15, 0.2) is 11.5 Å². The number of ether oxygens (including phenoxy) is 3. The Morgan fingerprint density at radius 3 is 2.75 bits per heavy atom. The van der Waals surface area contributed by atoms with E-state index in [2.05, 4.69) is 29.3 Å². The molecule has 3 atom stereocenters. The van der Waals surface area contributed by atoms with Gasteiger partial charge in [0.2, 0.25) is 18.5 Å². The molecule has 0 bridgehead atoms. The maximum atomic E-state index is 10.1. The van der Waals surface area contributed by atoms with Gasteiger partial charge in [-0.2, -0.15) is 4.98 Å². The molecule has 3 rings (SSSR count). The molecule has 0 unspecified atom stereocenters. The van der Waals surface area contributed by atoms with E-state index in [1.165, 1.54) is 0 Å². The standard InChI is InChI=1S/C20H29N3O5/c1-5-13(4)18(21-9-15(24)10-25-12(2)3)20-22-19(23-28-20)14-6-7-16-17(8-14)27-11-26-16/h6-8,12-13,15,18,21,24H,5,9-11H2,1-4H3/t13-,15-,18+/m0/s1. The van der Waals surface area contributed by atoms with Crippen LogP contribution in [0.4, 0.5) is 0 Å². The number of aliphatic hydroxyl groups excluding tert-OH is 1. The molecule has 0 radical (unpaired) electrons. The van der Waals surface area contributed by atoms with E-state index < -0.39 is 6.10 Å². The predicted octanol–water partition coefficient (Wildman–Crippen LogP) is 2.93. The maximum Gasteiger partial charge on any atom is 0.244 e. The second-order valence-electron chi connectivity index (χ2n) is 7.33. The van der Waals surface area contributed by atoms with E-state index in [9.17, 15) is 5.11 Å². The number of hydrogen-bond acceptors (Lipinski definition) is 8. The zero-order valence-corrected chi connectivity index (χ0v) is 16.8. The zero-order chi connectivity index (χ0) is 20.1. The van der Waals surface area contributed by atoms with Crippen LogP contribution in [0.15, 0.2) is 22.7 Å². The van der Waals surface area contributed by atoms with E-state index in [0.29, 0.717) is 29.8 Å². The van der Waals surface area contributed by atoms with E-state index in [1.54, 1.807) is 0 Å². The summed E-state index contributed by atoms with van der Waals surface area (Å²) in [5, 5.41) is 17.6. The minimum atomic E-state index is -0.606. The van der Waals surface area contributed by atoms with Gasteiger partial charge in [-0.3, -0.25) is 0 Å². The van der Waals surface area contributed by atoms with Crippen LogP contribution in [0.25, 0.3) is 11.4 Å². The van der Waals surface area contributed by atoms with Crippen molar-refractivity contribution < 1.29 is 23.8 Å². The van der Waals surface area contributed by atoms with Gasteiger partial charge in [0.05, 0.1) is 24.9 Å². The molecule has 8 nitrogen and oxygen atoms in total. The van der Waals surface area contributed by atoms with Crippen molar-refractivity contribution in [2.45, 2.75) is 52.4 Å². The Morgan fingerprint density at radius 1 is 1.21 bits per heavy atom. The van der Waals surface area contributed by atoms with Crippen LogP contribution in [0.2, 0.25) is 0 Å². The smallest absolute Gasteiger partial charge is 0.244 e. The Bertz CT molecular complexity index is 764. The van der Waals surface area contributed by atoms with Crippen molar-refractivity contribution in [3.8, 4) is 22.9 Å². The zero-order valence-electron chi connectivity index (χ0n) is 16.8. The lowest BCUT2D eigenvalue weighted by Gasteiger charge is -2.22. The molecule has 1 aromatic heterocycles. The number of rotatable bonds is 10. The molecule has 2 heterocycles. The largest absolute Gasteiger partial charge is 0.454 e. The number of aromatic nitrogens is 2. The first-order valence-electron chi connectivity index (χ1n) is 9.74. The fourth-order valence-electron chi connectivity index (χ4n) is 2.91. The van der Waals surface area contributed by atoms with Gasteiger partial charge in [-0.15, -0.1) is 0 Å². The van der Waals surface area contributed by atoms with Crippen LogP contribution in [0.1, 0.15) is 46.0 Å². The predicted molar refractivity (Wildman–Crippen MR) is 103 cm³/mol. The highest BCUT2D eigenvalue weighted by Gasteiger charge is 2.26. The minimum Gasteiger partial charge on any atom is -0.454 e. The second-order valence-corrected chi connectivity index (χ2v) is 7.33. The van der Waals surface area contributed by atoms with E-state index in [0.717, 1.165) is 12.0 Å². The molecule has 0 fully saturated rings. The number of hydrogen-bond donors (Lipinski definition) is 2. The molecule has 0 spiro atoms.